The van der Waals surface area contributed by atoms with Crippen molar-refractivity contribution in [1.82, 2.24) is 15.1 Å². The zero-order chi connectivity index (χ0) is 14.4. The summed E-state index contributed by atoms with van der Waals surface area (Å²) in [7, 11) is 0. The molecule has 0 aliphatic carbocycles. The molecule has 1 fully saturated rings. The highest BCUT2D eigenvalue weighted by atomic mass is 16.2. The summed E-state index contributed by atoms with van der Waals surface area (Å²) in [6, 6.07) is 3.59. The van der Waals surface area contributed by atoms with E-state index in [1.165, 1.54) is 12.8 Å². The number of hydrogen-bond donors (Lipinski definition) is 1. The zero-order valence-corrected chi connectivity index (χ0v) is 12.4. The van der Waals surface area contributed by atoms with Gasteiger partial charge in [0.1, 0.15) is 5.82 Å². The third kappa shape index (κ3) is 3.68. The van der Waals surface area contributed by atoms with Gasteiger partial charge in [0.05, 0.1) is 0 Å². The van der Waals surface area contributed by atoms with Gasteiger partial charge in [0.2, 0.25) is 0 Å². The molecule has 110 valence electrons. The standard InChI is InChI=1S/C15H24N4O/c1-3-5-12-8-10-19(11-12)15(20)13-6-7-14(18-17-13)16-9-4-2/h6-7,12H,3-5,8-11H2,1-2H3,(H,16,18). The number of carbonyl (C=O) groups is 1. The van der Waals surface area contributed by atoms with Gasteiger partial charge in [0, 0.05) is 19.6 Å². The van der Waals surface area contributed by atoms with E-state index in [0.717, 1.165) is 38.3 Å². The topological polar surface area (TPSA) is 58.1 Å². The first kappa shape index (κ1) is 14.8. The average molecular weight is 276 g/mol. The van der Waals surface area contributed by atoms with E-state index in [9.17, 15) is 4.79 Å². The van der Waals surface area contributed by atoms with Crippen LogP contribution >= 0.6 is 0 Å². The molecular weight excluding hydrogens is 252 g/mol. The van der Waals surface area contributed by atoms with E-state index in [1.54, 1.807) is 6.07 Å². The summed E-state index contributed by atoms with van der Waals surface area (Å²) in [6.45, 7) is 6.87. The number of rotatable bonds is 6. The lowest BCUT2D eigenvalue weighted by Crippen LogP contribution is -2.29. The second-order valence-electron chi connectivity index (χ2n) is 5.43. The van der Waals surface area contributed by atoms with Gasteiger partial charge in [-0.25, -0.2) is 0 Å². The predicted molar refractivity (Wildman–Crippen MR) is 79.7 cm³/mol. The van der Waals surface area contributed by atoms with Gasteiger partial charge in [0.15, 0.2) is 5.69 Å². The molecule has 1 aliphatic heterocycles. The summed E-state index contributed by atoms with van der Waals surface area (Å²) < 4.78 is 0. The van der Waals surface area contributed by atoms with Crippen molar-refractivity contribution in [2.45, 2.75) is 39.5 Å². The molecule has 0 radical (unpaired) electrons. The largest absolute Gasteiger partial charge is 0.369 e. The molecule has 0 saturated carbocycles. The van der Waals surface area contributed by atoms with Crippen LogP contribution in [0, 0.1) is 5.92 Å². The smallest absolute Gasteiger partial charge is 0.274 e. The minimum Gasteiger partial charge on any atom is -0.369 e. The summed E-state index contributed by atoms with van der Waals surface area (Å²) in [5.74, 6) is 1.40. The molecule has 1 atom stereocenters. The number of amides is 1. The summed E-state index contributed by atoms with van der Waals surface area (Å²) in [5.41, 5.74) is 0.448. The Kier molecular flexibility index (Phi) is 5.32. The first-order chi connectivity index (χ1) is 9.74. The second-order valence-corrected chi connectivity index (χ2v) is 5.43. The third-order valence-electron chi connectivity index (χ3n) is 3.71. The van der Waals surface area contributed by atoms with Crippen molar-refractivity contribution < 1.29 is 4.79 Å². The number of hydrogen-bond acceptors (Lipinski definition) is 4. The van der Waals surface area contributed by atoms with Crippen molar-refractivity contribution in [1.29, 1.82) is 0 Å². The molecule has 2 rings (SSSR count). The Labute approximate surface area is 120 Å². The van der Waals surface area contributed by atoms with Gasteiger partial charge in [0.25, 0.3) is 5.91 Å². The summed E-state index contributed by atoms with van der Waals surface area (Å²) in [6.07, 6.45) is 4.54. The van der Waals surface area contributed by atoms with E-state index in [-0.39, 0.29) is 5.91 Å². The summed E-state index contributed by atoms with van der Waals surface area (Å²) in [4.78, 5) is 14.2. The van der Waals surface area contributed by atoms with E-state index in [0.29, 0.717) is 11.6 Å². The number of anilines is 1. The Morgan fingerprint density at radius 1 is 1.35 bits per heavy atom. The van der Waals surface area contributed by atoms with Crippen LogP contribution in [0.1, 0.15) is 50.0 Å². The van der Waals surface area contributed by atoms with Gasteiger partial charge in [-0.1, -0.05) is 20.3 Å². The van der Waals surface area contributed by atoms with Crippen LogP contribution in [0.25, 0.3) is 0 Å². The molecule has 5 nitrogen and oxygen atoms in total. The van der Waals surface area contributed by atoms with Crippen LogP contribution in [0.4, 0.5) is 5.82 Å². The SMILES string of the molecule is CCCNc1ccc(C(=O)N2CCC(CCC)C2)nn1. The Hall–Kier alpha value is -1.65. The lowest BCUT2D eigenvalue weighted by Gasteiger charge is -2.15. The van der Waals surface area contributed by atoms with E-state index < -0.39 is 0 Å². The van der Waals surface area contributed by atoms with Crippen LogP contribution in [0.2, 0.25) is 0 Å². The van der Waals surface area contributed by atoms with Crippen molar-refractivity contribution in [3.8, 4) is 0 Å². The minimum atomic E-state index is 0.0122. The normalized spacial score (nSPS) is 18.3. The van der Waals surface area contributed by atoms with Crippen molar-refractivity contribution in [3.05, 3.63) is 17.8 Å². The predicted octanol–water partition coefficient (Wildman–Crippen LogP) is 2.56. The molecule has 1 unspecified atom stereocenters. The molecule has 2 heterocycles. The maximum atomic E-state index is 12.3. The van der Waals surface area contributed by atoms with Gasteiger partial charge in [-0.3, -0.25) is 4.79 Å². The lowest BCUT2D eigenvalue weighted by molar-refractivity contribution is 0.0779. The highest BCUT2D eigenvalue weighted by Crippen LogP contribution is 2.22. The van der Waals surface area contributed by atoms with E-state index in [2.05, 4.69) is 29.4 Å². The van der Waals surface area contributed by atoms with Crippen LogP contribution in [0.3, 0.4) is 0 Å². The fourth-order valence-electron chi connectivity index (χ4n) is 2.62. The van der Waals surface area contributed by atoms with Gasteiger partial charge < -0.3 is 10.2 Å². The Morgan fingerprint density at radius 3 is 2.85 bits per heavy atom. The van der Waals surface area contributed by atoms with Crippen molar-refractivity contribution in [3.63, 3.8) is 0 Å². The van der Waals surface area contributed by atoms with E-state index in [1.807, 2.05) is 11.0 Å². The average Bonchev–Trinajstić information content (AvgIpc) is 2.94. The van der Waals surface area contributed by atoms with E-state index >= 15 is 0 Å². The van der Waals surface area contributed by atoms with Gasteiger partial charge >= 0.3 is 0 Å². The first-order valence-corrected chi connectivity index (χ1v) is 7.61. The fourth-order valence-corrected chi connectivity index (χ4v) is 2.62. The second kappa shape index (κ2) is 7.22. The number of nitrogens with zero attached hydrogens (tertiary/aromatic N) is 3. The molecule has 0 spiro atoms. The van der Waals surface area contributed by atoms with Crippen LogP contribution in [-0.2, 0) is 0 Å². The zero-order valence-electron chi connectivity index (χ0n) is 12.4. The van der Waals surface area contributed by atoms with Crippen molar-refractivity contribution >= 4 is 11.7 Å². The number of carbonyl (C=O) groups excluding carboxylic acids is 1. The van der Waals surface area contributed by atoms with Crippen LogP contribution in [0.5, 0.6) is 0 Å². The molecule has 0 aromatic carbocycles. The molecular formula is C15H24N4O. The maximum Gasteiger partial charge on any atom is 0.274 e. The number of nitrogens with one attached hydrogen (secondary N) is 1. The maximum absolute atomic E-state index is 12.3. The van der Waals surface area contributed by atoms with Gasteiger partial charge in [-0.05, 0) is 37.3 Å². The van der Waals surface area contributed by atoms with E-state index in [4.69, 9.17) is 0 Å². The Balaban J connectivity index is 1.92. The summed E-state index contributed by atoms with van der Waals surface area (Å²) in [5, 5.41) is 11.3. The monoisotopic (exact) mass is 276 g/mol. The van der Waals surface area contributed by atoms with Crippen LogP contribution in [0.15, 0.2) is 12.1 Å². The summed E-state index contributed by atoms with van der Waals surface area (Å²) >= 11 is 0. The number of likely N-dealkylation sites (tertiary alicyclic amines) is 1. The Morgan fingerprint density at radius 2 is 2.20 bits per heavy atom. The highest BCUT2D eigenvalue weighted by molar-refractivity contribution is 5.92. The molecule has 0 bridgehead atoms. The fraction of sp³-hybridized carbons (Fsp3) is 0.667. The lowest BCUT2D eigenvalue weighted by atomic mass is 10.0. The quantitative estimate of drug-likeness (QED) is 0.867. The third-order valence-corrected chi connectivity index (χ3v) is 3.71. The van der Waals surface area contributed by atoms with Crippen LogP contribution < -0.4 is 5.32 Å². The van der Waals surface area contributed by atoms with Gasteiger partial charge in [-0.2, -0.15) is 0 Å². The molecule has 1 aromatic heterocycles. The molecule has 1 amide bonds. The molecule has 1 N–H and O–H groups in total. The molecule has 5 heteroatoms. The molecule has 20 heavy (non-hydrogen) atoms. The Bertz CT molecular complexity index is 432. The highest BCUT2D eigenvalue weighted by Gasteiger charge is 2.27. The van der Waals surface area contributed by atoms with Crippen molar-refractivity contribution in [2.24, 2.45) is 5.92 Å². The first-order valence-electron chi connectivity index (χ1n) is 7.61. The number of aromatic nitrogens is 2. The molecule has 1 aromatic rings. The van der Waals surface area contributed by atoms with Gasteiger partial charge in [-0.15, -0.1) is 10.2 Å². The minimum absolute atomic E-state index is 0.0122. The molecule has 1 aliphatic rings. The van der Waals surface area contributed by atoms with Crippen LogP contribution in [-0.4, -0.2) is 40.6 Å². The van der Waals surface area contributed by atoms with Crippen molar-refractivity contribution in [2.75, 3.05) is 25.0 Å². The molecule has 1 saturated heterocycles.